The van der Waals surface area contributed by atoms with Gasteiger partial charge in [-0.15, -0.1) is 0 Å². The van der Waals surface area contributed by atoms with E-state index in [1.165, 1.54) is 12.1 Å². The summed E-state index contributed by atoms with van der Waals surface area (Å²) in [7, 11) is 0. The van der Waals surface area contributed by atoms with Gasteiger partial charge in [-0.2, -0.15) is 0 Å². The summed E-state index contributed by atoms with van der Waals surface area (Å²) in [6.45, 7) is 3.23. The lowest BCUT2D eigenvalue weighted by molar-refractivity contribution is -0.138. The molecule has 0 aromatic heterocycles. The molecule has 1 unspecified atom stereocenters. The number of likely N-dealkylation sites (tertiary alicyclic amines) is 1. The summed E-state index contributed by atoms with van der Waals surface area (Å²) in [5, 5.41) is 3.12. The first kappa shape index (κ1) is 20.6. The van der Waals surface area contributed by atoms with Crippen LogP contribution in [0.2, 0.25) is 0 Å². The fraction of sp³-hybridized carbons (Fsp3) is 0.619. The number of amides is 2. The maximum Gasteiger partial charge on any atom is 0.225 e. The molecule has 154 valence electrons. The Bertz CT molecular complexity index is 685. The van der Waals surface area contributed by atoms with Crippen LogP contribution in [0.15, 0.2) is 18.2 Å². The lowest BCUT2D eigenvalue weighted by Gasteiger charge is -2.34. The second-order valence-corrected chi connectivity index (χ2v) is 7.78. The third-order valence-corrected chi connectivity index (χ3v) is 5.52. The van der Waals surface area contributed by atoms with Gasteiger partial charge in [0.05, 0.1) is 12.0 Å². The third-order valence-electron chi connectivity index (χ3n) is 5.52. The SMILES string of the molecule is CCCN1CC(C(=O)NC2CCC(Oc3cc(F)cc(F)c3)CC2)CCC1=O. The molecule has 5 nitrogen and oxygen atoms in total. The summed E-state index contributed by atoms with van der Waals surface area (Å²) in [5.41, 5.74) is 0. The predicted octanol–water partition coefficient (Wildman–Crippen LogP) is 3.42. The van der Waals surface area contributed by atoms with Crippen molar-refractivity contribution in [1.82, 2.24) is 10.2 Å². The summed E-state index contributed by atoms with van der Waals surface area (Å²) >= 11 is 0. The fourth-order valence-electron chi connectivity index (χ4n) is 4.05. The molecule has 2 fully saturated rings. The molecule has 1 N–H and O–H groups in total. The van der Waals surface area contributed by atoms with Crippen molar-refractivity contribution < 1.29 is 23.1 Å². The van der Waals surface area contributed by atoms with Crippen molar-refractivity contribution in [2.75, 3.05) is 13.1 Å². The van der Waals surface area contributed by atoms with Crippen molar-refractivity contribution in [2.45, 2.75) is 64.0 Å². The van der Waals surface area contributed by atoms with E-state index >= 15 is 0 Å². The zero-order valence-corrected chi connectivity index (χ0v) is 16.3. The van der Waals surface area contributed by atoms with Gasteiger partial charge >= 0.3 is 0 Å². The van der Waals surface area contributed by atoms with Crippen LogP contribution in [0.25, 0.3) is 0 Å². The van der Waals surface area contributed by atoms with Crippen LogP contribution in [0.5, 0.6) is 5.75 Å². The van der Waals surface area contributed by atoms with Gasteiger partial charge in [-0.3, -0.25) is 9.59 Å². The van der Waals surface area contributed by atoms with Gasteiger partial charge in [0.15, 0.2) is 0 Å². The molecule has 28 heavy (non-hydrogen) atoms. The van der Waals surface area contributed by atoms with E-state index in [4.69, 9.17) is 4.74 Å². The standard InChI is InChI=1S/C21H28F2N2O3/c1-2-9-25-13-14(3-8-20(25)26)21(27)24-17-4-6-18(7-5-17)28-19-11-15(22)10-16(23)12-19/h10-12,14,17-18H,2-9,13H2,1H3,(H,24,27). The molecule has 1 aliphatic carbocycles. The van der Waals surface area contributed by atoms with Crippen molar-refractivity contribution in [1.29, 1.82) is 0 Å². The minimum atomic E-state index is -0.654. The van der Waals surface area contributed by atoms with E-state index in [1.54, 1.807) is 4.90 Å². The number of hydrogen-bond acceptors (Lipinski definition) is 3. The molecule has 0 spiro atoms. The highest BCUT2D eigenvalue weighted by atomic mass is 19.1. The van der Waals surface area contributed by atoms with Gasteiger partial charge in [-0.05, 0) is 38.5 Å². The van der Waals surface area contributed by atoms with E-state index in [2.05, 4.69) is 5.32 Å². The second kappa shape index (κ2) is 9.34. The van der Waals surface area contributed by atoms with Gasteiger partial charge in [0, 0.05) is 43.8 Å². The van der Waals surface area contributed by atoms with Crippen molar-refractivity contribution >= 4 is 11.8 Å². The summed E-state index contributed by atoms with van der Waals surface area (Å²) in [6, 6.07) is 3.26. The van der Waals surface area contributed by atoms with Crippen molar-refractivity contribution in [3.8, 4) is 5.75 Å². The minimum Gasteiger partial charge on any atom is -0.490 e. The van der Waals surface area contributed by atoms with Crippen molar-refractivity contribution in [2.24, 2.45) is 5.92 Å². The molecule has 3 rings (SSSR count). The topological polar surface area (TPSA) is 58.6 Å². The quantitative estimate of drug-likeness (QED) is 0.804. The van der Waals surface area contributed by atoms with Crippen LogP contribution in [0, 0.1) is 17.6 Å². The third kappa shape index (κ3) is 5.42. The average molecular weight is 394 g/mol. The van der Waals surface area contributed by atoms with Crippen LogP contribution in [0.3, 0.4) is 0 Å². The summed E-state index contributed by atoms with van der Waals surface area (Å²) < 4.78 is 32.2. The van der Waals surface area contributed by atoms with Gasteiger partial charge in [0.25, 0.3) is 0 Å². The molecule has 7 heteroatoms. The van der Waals surface area contributed by atoms with E-state index in [-0.39, 0.29) is 35.6 Å². The zero-order valence-electron chi connectivity index (χ0n) is 16.3. The molecule has 2 aliphatic rings. The Morgan fingerprint density at radius 3 is 2.46 bits per heavy atom. The Morgan fingerprint density at radius 2 is 1.82 bits per heavy atom. The number of carbonyl (C=O) groups excluding carboxylic acids is 2. The predicted molar refractivity (Wildman–Crippen MR) is 101 cm³/mol. The van der Waals surface area contributed by atoms with Gasteiger partial charge in [0.1, 0.15) is 17.4 Å². The number of hydrogen-bond donors (Lipinski definition) is 1. The summed E-state index contributed by atoms with van der Waals surface area (Å²) in [6.07, 6.45) is 4.78. The molecule has 1 aromatic carbocycles. The van der Waals surface area contributed by atoms with Crippen molar-refractivity contribution in [3.63, 3.8) is 0 Å². The summed E-state index contributed by atoms with van der Waals surface area (Å²) in [5.74, 6) is -1.10. The largest absolute Gasteiger partial charge is 0.490 e. The number of rotatable bonds is 6. The minimum absolute atomic E-state index is 0.0187. The molecule has 1 saturated carbocycles. The highest BCUT2D eigenvalue weighted by molar-refractivity contribution is 5.84. The zero-order chi connectivity index (χ0) is 20.1. The molecule has 1 heterocycles. The van der Waals surface area contributed by atoms with E-state index < -0.39 is 11.6 Å². The van der Waals surface area contributed by atoms with Gasteiger partial charge < -0.3 is 15.0 Å². The molecule has 0 bridgehead atoms. The molecular weight excluding hydrogens is 366 g/mol. The van der Waals surface area contributed by atoms with Gasteiger partial charge in [0.2, 0.25) is 11.8 Å². The monoisotopic (exact) mass is 394 g/mol. The van der Waals surface area contributed by atoms with Crippen LogP contribution in [-0.4, -0.2) is 41.9 Å². The normalized spacial score (nSPS) is 25.5. The smallest absolute Gasteiger partial charge is 0.225 e. The molecule has 0 radical (unpaired) electrons. The summed E-state index contributed by atoms with van der Waals surface area (Å²) in [4.78, 5) is 26.3. The van der Waals surface area contributed by atoms with Gasteiger partial charge in [-0.25, -0.2) is 8.78 Å². The molecular formula is C21H28F2N2O3. The van der Waals surface area contributed by atoms with E-state index in [9.17, 15) is 18.4 Å². The van der Waals surface area contributed by atoms with Gasteiger partial charge in [-0.1, -0.05) is 6.92 Å². The molecule has 1 saturated heterocycles. The van der Waals surface area contributed by atoms with Crippen molar-refractivity contribution in [3.05, 3.63) is 29.8 Å². The van der Waals surface area contributed by atoms with E-state index in [1.807, 2.05) is 6.92 Å². The first-order valence-corrected chi connectivity index (χ1v) is 10.2. The van der Waals surface area contributed by atoms with E-state index in [0.29, 0.717) is 38.8 Å². The number of benzene rings is 1. The lowest BCUT2D eigenvalue weighted by atomic mass is 9.91. The second-order valence-electron chi connectivity index (χ2n) is 7.78. The first-order valence-electron chi connectivity index (χ1n) is 10.2. The van der Waals surface area contributed by atoms with Crippen LogP contribution in [0.4, 0.5) is 8.78 Å². The average Bonchev–Trinajstić information content (AvgIpc) is 2.64. The molecule has 1 atom stereocenters. The Balaban J connectivity index is 1.45. The van der Waals surface area contributed by atoms with Crippen LogP contribution >= 0.6 is 0 Å². The Morgan fingerprint density at radius 1 is 1.14 bits per heavy atom. The van der Waals surface area contributed by atoms with Crippen LogP contribution < -0.4 is 10.1 Å². The maximum atomic E-state index is 13.3. The number of carbonyl (C=O) groups is 2. The lowest BCUT2D eigenvalue weighted by Crippen LogP contribution is -2.49. The fourth-order valence-corrected chi connectivity index (χ4v) is 4.05. The Hall–Kier alpha value is -2.18. The Kier molecular flexibility index (Phi) is 6.86. The first-order chi connectivity index (χ1) is 13.4. The molecule has 1 aliphatic heterocycles. The van der Waals surface area contributed by atoms with E-state index in [0.717, 1.165) is 25.3 Å². The highest BCUT2D eigenvalue weighted by Gasteiger charge is 2.32. The number of piperidine rings is 1. The number of ether oxygens (including phenoxy) is 1. The molecule has 1 aromatic rings. The molecule has 2 amide bonds. The maximum absolute atomic E-state index is 13.3. The number of halogens is 2. The van der Waals surface area contributed by atoms with Crippen LogP contribution in [0.1, 0.15) is 51.9 Å². The Labute approximate surface area is 164 Å². The number of nitrogens with zero attached hydrogens (tertiary/aromatic N) is 1. The highest BCUT2D eigenvalue weighted by Crippen LogP contribution is 2.26. The number of nitrogens with one attached hydrogen (secondary N) is 1. The van der Waals surface area contributed by atoms with Crippen LogP contribution in [-0.2, 0) is 9.59 Å².